The highest BCUT2D eigenvalue weighted by Gasteiger charge is 2.68. The van der Waals surface area contributed by atoms with Gasteiger partial charge >= 0.3 is 0 Å². The van der Waals surface area contributed by atoms with Gasteiger partial charge in [-0.2, -0.15) is 0 Å². The Morgan fingerprint density at radius 1 is 1.07 bits per heavy atom. The molecule has 5 nitrogen and oxygen atoms in total. The van der Waals surface area contributed by atoms with E-state index < -0.39 is 5.82 Å². The summed E-state index contributed by atoms with van der Waals surface area (Å²) in [6.45, 7) is 2.31. The molecule has 158 valence electrons. The molecule has 0 heterocycles. The summed E-state index contributed by atoms with van der Waals surface area (Å²) in [5.41, 5.74) is 0.443. The van der Waals surface area contributed by atoms with Crippen molar-refractivity contribution >= 4 is 23.3 Å². The second kappa shape index (κ2) is 7.91. The minimum atomic E-state index is -0.590. The Hall–Kier alpha value is -2.60. The Morgan fingerprint density at radius 2 is 1.73 bits per heavy atom. The number of hydrogen-bond donors (Lipinski definition) is 1. The highest BCUT2D eigenvalue weighted by molar-refractivity contribution is 6.30. The molecule has 5 rings (SSSR count). The van der Waals surface area contributed by atoms with Gasteiger partial charge < -0.3 is 14.8 Å². The number of Topliss-reactive ketones (excluding diaryl/α,β-unsaturated/α-hetero) is 1. The summed E-state index contributed by atoms with van der Waals surface area (Å²) >= 11 is 5.63. The van der Waals surface area contributed by atoms with E-state index in [-0.39, 0.29) is 40.0 Å². The van der Waals surface area contributed by atoms with Crippen molar-refractivity contribution < 1.29 is 23.5 Å². The lowest BCUT2D eigenvalue weighted by atomic mass is 9.38. The van der Waals surface area contributed by atoms with Gasteiger partial charge in [0.25, 0.3) is 5.91 Å². The number of ether oxygens (including phenoxy) is 2. The molecule has 3 aliphatic carbocycles. The van der Waals surface area contributed by atoms with E-state index in [1.807, 2.05) is 19.1 Å². The Balaban J connectivity index is 1.22. The molecule has 2 aromatic carbocycles. The first-order valence-electron chi connectivity index (χ1n) is 9.97. The van der Waals surface area contributed by atoms with Crippen LogP contribution >= 0.6 is 11.6 Å². The molecule has 0 spiro atoms. The van der Waals surface area contributed by atoms with E-state index in [4.69, 9.17) is 21.1 Å². The molecule has 0 aliphatic heterocycles. The number of halogens is 2. The number of benzene rings is 2. The minimum absolute atomic E-state index is 0.00532. The summed E-state index contributed by atoms with van der Waals surface area (Å²) in [7, 11) is 0. The van der Waals surface area contributed by atoms with Gasteiger partial charge in [0.15, 0.2) is 12.4 Å². The Kier molecular flexibility index (Phi) is 5.45. The van der Waals surface area contributed by atoms with E-state index in [1.165, 1.54) is 12.1 Å². The van der Waals surface area contributed by atoms with Crippen LogP contribution in [0.5, 0.6) is 11.5 Å². The Bertz CT molecular complexity index is 956. The van der Waals surface area contributed by atoms with Gasteiger partial charge in [0.2, 0.25) is 0 Å². The minimum Gasteiger partial charge on any atom is -0.494 e. The summed E-state index contributed by atoms with van der Waals surface area (Å²) in [4.78, 5) is 24.8. The summed E-state index contributed by atoms with van der Waals surface area (Å²) in [5, 5.41) is 3.01. The molecular formula is C23H23ClFNO4. The predicted molar refractivity (Wildman–Crippen MR) is 111 cm³/mol. The van der Waals surface area contributed by atoms with Crippen molar-refractivity contribution in [1.82, 2.24) is 5.32 Å². The van der Waals surface area contributed by atoms with Crippen molar-refractivity contribution in [2.24, 2.45) is 5.41 Å². The second-order valence-corrected chi connectivity index (χ2v) is 8.69. The first-order valence-corrected chi connectivity index (χ1v) is 10.3. The normalized spacial score (nSPS) is 23.7. The Morgan fingerprint density at radius 3 is 2.37 bits per heavy atom. The third-order valence-electron chi connectivity index (χ3n) is 5.83. The number of carbonyl (C=O) groups is 2. The van der Waals surface area contributed by atoms with E-state index in [9.17, 15) is 14.0 Å². The maximum Gasteiger partial charge on any atom is 0.258 e. The number of hydrogen-bond acceptors (Lipinski definition) is 4. The van der Waals surface area contributed by atoms with Crippen LogP contribution in [0.15, 0.2) is 42.5 Å². The van der Waals surface area contributed by atoms with Crippen molar-refractivity contribution in [3.8, 4) is 11.5 Å². The van der Waals surface area contributed by atoms with E-state index in [0.29, 0.717) is 18.6 Å². The zero-order valence-electron chi connectivity index (χ0n) is 16.7. The van der Waals surface area contributed by atoms with Gasteiger partial charge in [-0.15, -0.1) is 0 Å². The van der Waals surface area contributed by atoms with Crippen LogP contribution in [0.1, 0.15) is 43.0 Å². The van der Waals surface area contributed by atoms with Gasteiger partial charge in [-0.1, -0.05) is 11.6 Å². The van der Waals surface area contributed by atoms with Gasteiger partial charge in [0, 0.05) is 23.6 Å². The summed E-state index contributed by atoms with van der Waals surface area (Å²) in [6, 6.07) is 11.3. The standard InChI is InChI=1S/C23H23ClFNO4/c1-2-29-16-5-3-15(4-6-16)20(27)10-22-12-23(13-22,14-22)26-21(28)11-30-17-7-8-18(24)19(25)9-17/h3-9H,2,10-14H2,1H3,(H,26,28). The molecule has 3 fully saturated rings. The van der Waals surface area contributed by atoms with Crippen molar-refractivity contribution in [2.45, 2.75) is 38.1 Å². The predicted octanol–water partition coefficient (Wildman–Crippen LogP) is 4.57. The SMILES string of the molecule is CCOc1ccc(C(=O)CC23CC(NC(=O)COc4ccc(Cl)c(F)c4)(C2)C3)cc1. The van der Waals surface area contributed by atoms with Crippen LogP contribution in [0.2, 0.25) is 5.02 Å². The van der Waals surface area contributed by atoms with Gasteiger partial charge in [-0.3, -0.25) is 9.59 Å². The molecule has 7 heteroatoms. The van der Waals surface area contributed by atoms with E-state index in [1.54, 1.807) is 12.1 Å². The first-order chi connectivity index (χ1) is 14.3. The average Bonchev–Trinajstić information content (AvgIpc) is 2.67. The Labute approximate surface area is 179 Å². The molecule has 30 heavy (non-hydrogen) atoms. The average molecular weight is 432 g/mol. The molecule has 0 unspecified atom stereocenters. The lowest BCUT2D eigenvalue weighted by Crippen LogP contribution is -2.75. The molecule has 3 aliphatic rings. The fourth-order valence-electron chi connectivity index (χ4n) is 4.71. The monoisotopic (exact) mass is 431 g/mol. The molecule has 0 aromatic heterocycles. The first kappa shape index (κ1) is 20.7. The molecule has 2 bridgehead atoms. The van der Waals surface area contributed by atoms with Gasteiger partial charge in [0.1, 0.15) is 17.3 Å². The highest BCUT2D eigenvalue weighted by atomic mass is 35.5. The van der Waals surface area contributed by atoms with Crippen LogP contribution in [0.25, 0.3) is 0 Å². The van der Waals surface area contributed by atoms with Crippen molar-refractivity contribution in [3.05, 3.63) is 58.9 Å². The summed E-state index contributed by atoms with van der Waals surface area (Å²) in [6.07, 6.45) is 2.87. The second-order valence-electron chi connectivity index (χ2n) is 8.28. The van der Waals surface area contributed by atoms with Crippen molar-refractivity contribution in [3.63, 3.8) is 0 Å². The maximum absolute atomic E-state index is 13.4. The number of rotatable bonds is 9. The van der Waals surface area contributed by atoms with Crippen LogP contribution in [0, 0.1) is 11.2 Å². The third-order valence-corrected chi connectivity index (χ3v) is 6.14. The van der Waals surface area contributed by atoms with Crippen LogP contribution in [0.3, 0.4) is 0 Å². The van der Waals surface area contributed by atoms with Gasteiger partial charge in [0.05, 0.1) is 11.6 Å². The molecule has 0 atom stereocenters. The molecule has 2 aromatic rings. The largest absolute Gasteiger partial charge is 0.494 e. The zero-order chi connectivity index (χ0) is 21.4. The van der Waals surface area contributed by atoms with Crippen LogP contribution in [-0.4, -0.2) is 30.4 Å². The highest BCUT2D eigenvalue weighted by Crippen LogP contribution is 2.69. The molecular weight excluding hydrogens is 409 g/mol. The number of nitrogens with one attached hydrogen (secondary N) is 1. The maximum atomic E-state index is 13.4. The third kappa shape index (κ3) is 4.15. The van der Waals surface area contributed by atoms with Crippen molar-refractivity contribution in [2.75, 3.05) is 13.2 Å². The zero-order valence-corrected chi connectivity index (χ0v) is 17.4. The summed E-state index contributed by atoms with van der Waals surface area (Å²) in [5.74, 6) is 0.280. The number of amides is 1. The lowest BCUT2D eigenvalue weighted by molar-refractivity contribution is -0.164. The van der Waals surface area contributed by atoms with Crippen LogP contribution in [0.4, 0.5) is 4.39 Å². The lowest BCUT2D eigenvalue weighted by Gasteiger charge is -2.70. The fraction of sp³-hybridized carbons (Fsp3) is 0.391. The van der Waals surface area contributed by atoms with Gasteiger partial charge in [-0.25, -0.2) is 4.39 Å². The van der Waals surface area contributed by atoms with E-state index >= 15 is 0 Å². The smallest absolute Gasteiger partial charge is 0.258 e. The molecule has 3 saturated carbocycles. The molecule has 0 saturated heterocycles. The summed E-state index contributed by atoms with van der Waals surface area (Å²) < 4.78 is 24.2. The number of ketones is 1. The quantitative estimate of drug-likeness (QED) is 0.591. The van der Waals surface area contributed by atoms with E-state index in [2.05, 4.69) is 5.32 Å². The van der Waals surface area contributed by atoms with Gasteiger partial charge in [-0.05, 0) is 68.0 Å². The molecule has 1 amide bonds. The number of carbonyl (C=O) groups excluding carboxylic acids is 2. The molecule has 0 radical (unpaired) electrons. The topological polar surface area (TPSA) is 64.6 Å². The van der Waals surface area contributed by atoms with E-state index in [0.717, 1.165) is 31.1 Å². The van der Waals surface area contributed by atoms with Crippen LogP contribution in [-0.2, 0) is 4.79 Å². The van der Waals surface area contributed by atoms with Crippen molar-refractivity contribution in [1.29, 1.82) is 0 Å². The molecule has 1 N–H and O–H groups in total. The fourth-order valence-corrected chi connectivity index (χ4v) is 4.83. The van der Waals surface area contributed by atoms with Crippen LogP contribution < -0.4 is 14.8 Å².